The summed E-state index contributed by atoms with van der Waals surface area (Å²) in [7, 11) is 1.68. The van der Waals surface area contributed by atoms with Gasteiger partial charge in [0, 0.05) is 37.1 Å². The summed E-state index contributed by atoms with van der Waals surface area (Å²) >= 11 is 1.38. The lowest BCUT2D eigenvalue weighted by molar-refractivity contribution is 0.0126. The minimum atomic E-state index is -0.452. The molecule has 3 rings (SSSR count). The molecule has 0 radical (unpaired) electrons. The maximum atomic E-state index is 5.42. The van der Waals surface area contributed by atoms with E-state index in [1.54, 1.807) is 7.11 Å². The Morgan fingerprint density at radius 1 is 1.32 bits per heavy atom. The molecule has 0 unspecified atom stereocenters. The molecule has 22 heavy (non-hydrogen) atoms. The highest BCUT2D eigenvalue weighted by molar-refractivity contribution is 7.09. The fourth-order valence-corrected chi connectivity index (χ4v) is 3.36. The Labute approximate surface area is 135 Å². The van der Waals surface area contributed by atoms with Crippen LogP contribution < -0.4 is 5.32 Å². The predicted molar refractivity (Wildman–Crippen MR) is 88.1 cm³/mol. The number of pyridine rings is 1. The number of nitrogens with one attached hydrogen (secondary N) is 1. The Balaban J connectivity index is 1.71. The lowest BCUT2D eigenvalue weighted by atomic mass is 9.92. The molecule has 2 aromatic heterocycles. The summed E-state index contributed by atoms with van der Waals surface area (Å²) in [4.78, 5) is 9.05. The lowest BCUT2D eigenvalue weighted by Crippen LogP contribution is -2.21. The van der Waals surface area contributed by atoms with E-state index in [4.69, 9.17) is 4.74 Å². The summed E-state index contributed by atoms with van der Waals surface area (Å²) in [5, 5.41) is 4.22. The maximum absolute atomic E-state index is 5.42. The van der Waals surface area contributed by atoms with Crippen molar-refractivity contribution in [2.24, 2.45) is 0 Å². The summed E-state index contributed by atoms with van der Waals surface area (Å²) < 4.78 is 9.81. The molecule has 1 aliphatic carbocycles. The summed E-state index contributed by atoms with van der Waals surface area (Å²) in [6.45, 7) is 4.71. The van der Waals surface area contributed by atoms with E-state index in [9.17, 15) is 0 Å². The van der Waals surface area contributed by atoms with Gasteiger partial charge in [0.25, 0.3) is 0 Å². The van der Waals surface area contributed by atoms with Crippen LogP contribution in [0.5, 0.6) is 0 Å². The molecule has 2 heterocycles. The molecule has 0 bridgehead atoms. The van der Waals surface area contributed by atoms with E-state index in [2.05, 4.69) is 25.7 Å². The highest BCUT2D eigenvalue weighted by atomic mass is 32.1. The molecule has 0 amide bonds. The van der Waals surface area contributed by atoms with Crippen molar-refractivity contribution in [2.75, 3.05) is 12.4 Å². The quantitative estimate of drug-likeness (QED) is 0.916. The van der Waals surface area contributed by atoms with Crippen LogP contribution in [0.1, 0.15) is 49.3 Å². The number of rotatable bonds is 5. The molecule has 0 fully saturated rings. The van der Waals surface area contributed by atoms with Crippen LogP contribution in [-0.4, -0.2) is 21.5 Å². The molecule has 1 N–H and O–H groups in total. The second-order valence-corrected chi connectivity index (χ2v) is 6.85. The van der Waals surface area contributed by atoms with Crippen molar-refractivity contribution < 1.29 is 4.74 Å². The smallest absolute Gasteiger partial charge is 0.202 e. The van der Waals surface area contributed by atoms with Gasteiger partial charge >= 0.3 is 0 Å². The minimum Gasteiger partial charge on any atom is -0.371 e. The standard InChI is InChI=1S/C16H22N4OS/c1-16(2,21-3)14-19-15(22-20-14)18-10-11-8-9-17-13-7-5-4-6-12(11)13/h8-9H,4-7,10H2,1-3H3,(H,18,19,20). The number of hydrogen-bond acceptors (Lipinski definition) is 6. The van der Waals surface area contributed by atoms with Gasteiger partial charge in [0.1, 0.15) is 5.60 Å². The van der Waals surface area contributed by atoms with Crippen LogP contribution >= 0.6 is 11.5 Å². The summed E-state index contributed by atoms with van der Waals surface area (Å²) in [5.41, 5.74) is 3.56. The van der Waals surface area contributed by atoms with Gasteiger partial charge in [-0.1, -0.05) is 0 Å². The van der Waals surface area contributed by atoms with E-state index >= 15 is 0 Å². The van der Waals surface area contributed by atoms with Crippen molar-refractivity contribution in [2.45, 2.75) is 51.7 Å². The predicted octanol–water partition coefficient (Wildman–Crippen LogP) is 3.31. The van der Waals surface area contributed by atoms with Crippen LogP contribution in [0.3, 0.4) is 0 Å². The van der Waals surface area contributed by atoms with Gasteiger partial charge in [-0.15, -0.1) is 0 Å². The fraction of sp³-hybridized carbons (Fsp3) is 0.562. The maximum Gasteiger partial charge on any atom is 0.202 e. The number of methoxy groups -OCH3 is 1. The van der Waals surface area contributed by atoms with Crippen molar-refractivity contribution in [3.63, 3.8) is 0 Å². The molecule has 1 aliphatic rings. The summed E-state index contributed by atoms with van der Waals surface area (Å²) in [6, 6.07) is 2.11. The van der Waals surface area contributed by atoms with Crippen LogP contribution in [0.25, 0.3) is 0 Å². The summed E-state index contributed by atoms with van der Waals surface area (Å²) in [6.07, 6.45) is 6.67. The molecule has 2 aromatic rings. The SMILES string of the molecule is COC(C)(C)c1nsc(NCc2ccnc3c2CCCC3)n1. The molecule has 5 nitrogen and oxygen atoms in total. The van der Waals surface area contributed by atoms with Crippen LogP contribution in [0.15, 0.2) is 12.3 Å². The number of anilines is 1. The first-order valence-electron chi connectivity index (χ1n) is 7.69. The second-order valence-electron chi connectivity index (χ2n) is 6.09. The average Bonchev–Trinajstić information content (AvgIpc) is 3.02. The monoisotopic (exact) mass is 318 g/mol. The number of fused-ring (bicyclic) bond motifs is 1. The first-order valence-corrected chi connectivity index (χ1v) is 8.46. The number of ether oxygens (including phenoxy) is 1. The molecule has 118 valence electrons. The number of aryl methyl sites for hydroxylation is 1. The lowest BCUT2D eigenvalue weighted by Gasteiger charge is -2.19. The molecule has 0 spiro atoms. The minimum absolute atomic E-state index is 0.452. The Hall–Kier alpha value is -1.53. The van der Waals surface area contributed by atoms with Gasteiger partial charge in [-0.05, 0) is 56.7 Å². The largest absolute Gasteiger partial charge is 0.371 e. The Morgan fingerprint density at radius 2 is 2.14 bits per heavy atom. The summed E-state index contributed by atoms with van der Waals surface area (Å²) in [5.74, 6) is 0.722. The Bertz CT molecular complexity index is 653. The number of aromatic nitrogens is 3. The highest BCUT2D eigenvalue weighted by Gasteiger charge is 2.25. The van der Waals surface area contributed by atoms with E-state index in [1.807, 2.05) is 20.0 Å². The van der Waals surface area contributed by atoms with Crippen molar-refractivity contribution in [1.82, 2.24) is 14.3 Å². The zero-order chi connectivity index (χ0) is 15.6. The zero-order valence-corrected chi connectivity index (χ0v) is 14.2. The molecule has 6 heteroatoms. The number of hydrogen-bond donors (Lipinski definition) is 1. The average molecular weight is 318 g/mol. The Kier molecular flexibility index (Phi) is 4.40. The van der Waals surface area contributed by atoms with Crippen LogP contribution in [-0.2, 0) is 29.7 Å². The van der Waals surface area contributed by atoms with Gasteiger partial charge in [0.05, 0.1) is 0 Å². The van der Waals surface area contributed by atoms with E-state index in [0.29, 0.717) is 0 Å². The molecule has 0 saturated heterocycles. The van der Waals surface area contributed by atoms with Crippen molar-refractivity contribution in [3.05, 3.63) is 34.9 Å². The molecule has 0 aliphatic heterocycles. The molecular formula is C16H22N4OS. The van der Waals surface area contributed by atoms with E-state index < -0.39 is 5.60 Å². The fourth-order valence-electron chi connectivity index (χ4n) is 2.66. The molecular weight excluding hydrogens is 296 g/mol. The normalized spacial score (nSPS) is 14.7. The first kappa shape index (κ1) is 15.4. The zero-order valence-electron chi connectivity index (χ0n) is 13.3. The van der Waals surface area contributed by atoms with Gasteiger partial charge in [-0.25, -0.2) is 4.98 Å². The molecule has 0 atom stereocenters. The van der Waals surface area contributed by atoms with Crippen molar-refractivity contribution >= 4 is 16.7 Å². The van der Waals surface area contributed by atoms with Crippen LogP contribution in [0.2, 0.25) is 0 Å². The topological polar surface area (TPSA) is 59.9 Å². The third-order valence-corrected chi connectivity index (χ3v) is 4.91. The number of nitrogens with zero attached hydrogens (tertiary/aromatic N) is 3. The first-order chi connectivity index (χ1) is 10.6. The van der Waals surface area contributed by atoms with E-state index in [0.717, 1.165) is 30.3 Å². The van der Waals surface area contributed by atoms with Crippen molar-refractivity contribution in [1.29, 1.82) is 0 Å². The van der Waals surface area contributed by atoms with E-state index in [1.165, 1.54) is 41.2 Å². The van der Waals surface area contributed by atoms with E-state index in [-0.39, 0.29) is 0 Å². The van der Waals surface area contributed by atoms with Crippen molar-refractivity contribution in [3.8, 4) is 0 Å². The Morgan fingerprint density at radius 3 is 2.95 bits per heavy atom. The third-order valence-electron chi connectivity index (χ3n) is 4.24. The van der Waals surface area contributed by atoms with Gasteiger partial charge in [-0.3, -0.25) is 4.98 Å². The van der Waals surface area contributed by atoms with Crippen LogP contribution in [0, 0.1) is 0 Å². The molecule has 0 saturated carbocycles. The molecule has 0 aromatic carbocycles. The third kappa shape index (κ3) is 3.13. The second kappa shape index (κ2) is 6.30. The highest BCUT2D eigenvalue weighted by Crippen LogP contribution is 2.26. The van der Waals surface area contributed by atoms with Gasteiger partial charge in [0.2, 0.25) is 5.13 Å². The van der Waals surface area contributed by atoms with Gasteiger partial charge in [0.15, 0.2) is 5.82 Å². The van der Waals surface area contributed by atoms with Gasteiger partial charge < -0.3 is 10.1 Å². The van der Waals surface area contributed by atoms with Gasteiger partial charge in [-0.2, -0.15) is 4.37 Å². The van der Waals surface area contributed by atoms with Crippen LogP contribution in [0.4, 0.5) is 5.13 Å².